The second-order valence-electron chi connectivity index (χ2n) is 6.04. The number of benzene rings is 1. The van der Waals surface area contributed by atoms with Crippen LogP contribution in [0.4, 0.5) is 0 Å². The van der Waals surface area contributed by atoms with E-state index in [1.807, 2.05) is 0 Å². The number of aliphatic hydroxyl groups is 4. The Balaban J connectivity index is 2.02. The molecule has 2 rings (SSSR count). The molecular weight excluding hydrogens is 348 g/mol. The molecule has 0 spiro atoms. The highest BCUT2D eigenvalue weighted by atomic mass is 16.6. The molecule has 1 aliphatic rings. The lowest BCUT2D eigenvalue weighted by atomic mass is 9.80. The lowest BCUT2D eigenvalue weighted by molar-refractivity contribution is -0.193. The van der Waals surface area contributed by atoms with Gasteiger partial charge in [-0.3, -0.25) is 0 Å². The summed E-state index contributed by atoms with van der Waals surface area (Å²) in [4.78, 5) is 23.8. The molecule has 0 heterocycles. The highest BCUT2D eigenvalue weighted by Gasteiger charge is 2.49. The summed E-state index contributed by atoms with van der Waals surface area (Å²) in [5, 5.41) is 48.3. The number of carbonyl (C=O) groups is 2. The molecule has 142 valence electrons. The fourth-order valence-corrected chi connectivity index (χ4v) is 2.62. The first-order chi connectivity index (χ1) is 12.2. The van der Waals surface area contributed by atoms with Gasteiger partial charge in [0.15, 0.2) is 17.1 Å². The zero-order valence-corrected chi connectivity index (χ0v) is 13.9. The molecule has 0 aliphatic heterocycles. The number of aliphatic hydroxyl groups excluding tert-OH is 3. The van der Waals surface area contributed by atoms with Gasteiger partial charge in [-0.15, -0.1) is 0 Å². The van der Waals surface area contributed by atoms with E-state index in [2.05, 4.69) is 4.74 Å². The zero-order valence-electron chi connectivity index (χ0n) is 13.9. The number of phenolic OH excluding ortho intramolecular Hbond substituents is 1. The molecule has 2 unspecified atom stereocenters. The van der Waals surface area contributed by atoms with Crippen molar-refractivity contribution >= 4 is 18.0 Å². The predicted molar refractivity (Wildman–Crippen MR) is 87.0 cm³/mol. The minimum Gasteiger partial charge on any atom is -0.504 e. The standard InChI is InChI=1S/C17H20O9/c1-25-13-6-9(2-4-10(13)18)3-5-14(21)26-16(23)17(24)7-11(19)15(22)12(20)8-17/h2-6,11-12,15,18-20,22,24H,7-8H2,1H3/b5-3+. The number of rotatable bonds is 4. The molecule has 1 aromatic rings. The predicted octanol–water partition coefficient (Wildman–Crippen LogP) is -0.909. The molecule has 0 amide bonds. The summed E-state index contributed by atoms with van der Waals surface area (Å²) in [6.07, 6.45) is -3.49. The second kappa shape index (κ2) is 7.83. The van der Waals surface area contributed by atoms with Gasteiger partial charge in [0.25, 0.3) is 0 Å². The van der Waals surface area contributed by atoms with E-state index in [1.54, 1.807) is 0 Å². The quantitative estimate of drug-likeness (QED) is 0.258. The first-order valence-electron chi connectivity index (χ1n) is 7.74. The zero-order chi connectivity index (χ0) is 19.5. The van der Waals surface area contributed by atoms with Crippen LogP contribution in [0, 0.1) is 0 Å². The van der Waals surface area contributed by atoms with Crippen LogP contribution in [0.15, 0.2) is 24.3 Å². The fourth-order valence-electron chi connectivity index (χ4n) is 2.62. The van der Waals surface area contributed by atoms with E-state index in [1.165, 1.54) is 31.4 Å². The third kappa shape index (κ3) is 4.38. The number of methoxy groups -OCH3 is 1. The summed E-state index contributed by atoms with van der Waals surface area (Å²) in [5.41, 5.74) is -1.81. The summed E-state index contributed by atoms with van der Waals surface area (Å²) in [5.74, 6) is -2.30. The van der Waals surface area contributed by atoms with Crippen LogP contribution in [-0.2, 0) is 14.3 Å². The summed E-state index contributed by atoms with van der Waals surface area (Å²) in [6.45, 7) is 0. The van der Waals surface area contributed by atoms with E-state index in [-0.39, 0.29) is 11.5 Å². The van der Waals surface area contributed by atoms with Crippen molar-refractivity contribution in [1.82, 2.24) is 0 Å². The summed E-state index contributed by atoms with van der Waals surface area (Å²) < 4.78 is 9.45. The number of phenols is 1. The number of carbonyl (C=O) groups excluding carboxylic acids is 2. The SMILES string of the molecule is COc1cc(/C=C/C(=O)OC(=O)C2(O)CC(O)C(O)C(O)C2)ccc1O. The van der Waals surface area contributed by atoms with Crippen molar-refractivity contribution < 1.29 is 44.6 Å². The van der Waals surface area contributed by atoms with Crippen molar-refractivity contribution in [3.8, 4) is 11.5 Å². The Bertz CT molecular complexity index is 700. The van der Waals surface area contributed by atoms with Crippen molar-refractivity contribution in [2.24, 2.45) is 0 Å². The molecule has 1 aromatic carbocycles. The number of aromatic hydroxyl groups is 1. The molecule has 9 heteroatoms. The van der Waals surface area contributed by atoms with Crippen LogP contribution in [0.5, 0.6) is 11.5 Å². The van der Waals surface area contributed by atoms with Crippen LogP contribution in [0.3, 0.4) is 0 Å². The van der Waals surface area contributed by atoms with Gasteiger partial charge in [-0.1, -0.05) is 6.07 Å². The molecule has 0 saturated heterocycles. The highest BCUT2D eigenvalue weighted by molar-refractivity contribution is 5.97. The Morgan fingerprint density at radius 1 is 1.19 bits per heavy atom. The largest absolute Gasteiger partial charge is 0.504 e. The van der Waals surface area contributed by atoms with Crippen molar-refractivity contribution in [3.05, 3.63) is 29.8 Å². The van der Waals surface area contributed by atoms with Crippen LogP contribution in [0.25, 0.3) is 6.08 Å². The lowest BCUT2D eigenvalue weighted by Gasteiger charge is -2.38. The fraction of sp³-hybridized carbons (Fsp3) is 0.412. The molecule has 0 bridgehead atoms. The summed E-state index contributed by atoms with van der Waals surface area (Å²) >= 11 is 0. The maximum atomic E-state index is 12.0. The van der Waals surface area contributed by atoms with Gasteiger partial charge < -0.3 is 35.0 Å². The van der Waals surface area contributed by atoms with Gasteiger partial charge in [0.1, 0.15) is 6.10 Å². The van der Waals surface area contributed by atoms with Gasteiger partial charge in [-0.05, 0) is 23.8 Å². The van der Waals surface area contributed by atoms with Crippen molar-refractivity contribution in [3.63, 3.8) is 0 Å². The Hall–Kier alpha value is -2.46. The highest BCUT2D eigenvalue weighted by Crippen LogP contribution is 2.30. The van der Waals surface area contributed by atoms with Gasteiger partial charge in [-0.2, -0.15) is 0 Å². The molecule has 1 aliphatic carbocycles. The number of ether oxygens (including phenoxy) is 2. The molecule has 5 N–H and O–H groups in total. The van der Waals surface area contributed by atoms with E-state index < -0.39 is 48.7 Å². The molecule has 26 heavy (non-hydrogen) atoms. The summed E-state index contributed by atoms with van der Waals surface area (Å²) in [7, 11) is 1.36. The minimum atomic E-state index is -2.29. The number of esters is 2. The van der Waals surface area contributed by atoms with Crippen molar-refractivity contribution in [2.45, 2.75) is 36.8 Å². The first kappa shape index (κ1) is 19.9. The average molecular weight is 368 g/mol. The smallest absolute Gasteiger partial charge is 0.346 e. The molecule has 1 fully saturated rings. The van der Waals surface area contributed by atoms with Crippen LogP contribution in [0.2, 0.25) is 0 Å². The van der Waals surface area contributed by atoms with Gasteiger partial charge in [0.2, 0.25) is 0 Å². The van der Waals surface area contributed by atoms with Crippen LogP contribution >= 0.6 is 0 Å². The van der Waals surface area contributed by atoms with Crippen LogP contribution < -0.4 is 4.74 Å². The monoisotopic (exact) mass is 368 g/mol. The summed E-state index contributed by atoms with van der Waals surface area (Å²) in [6, 6.07) is 4.30. The number of hydrogen-bond donors (Lipinski definition) is 5. The maximum Gasteiger partial charge on any atom is 0.346 e. The van der Waals surface area contributed by atoms with E-state index >= 15 is 0 Å². The normalized spacial score (nSPS) is 28.7. The van der Waals surface area contributed by atoms with Crippen molar-refractivity contribution in [2.75, 3.05) is 7.11 Å². The molecule has 1 saturated carbocycles. The topological polar surface area (TPSA) is 154 Å². The average Bonchev–Trinajstić information content (AvgIpc) is 2.58. The van der Waals surface area contributed by atoms with Crippen LogP contribution in [-0.4, -0.2) is 68.5 Å². The van der Waals surface area contributed by atoms with E-state index in [4.69, 9.17) is 4.74 Å². The molecule has 2 atom stereocenters. The van der Waals surface area contributed by atoms with Gasteiger partial charge in [0, 0.05) is 18.9 Å². The minimum absolute atomic E-state index is 0.0822. The molecule has 9 nitrogen and oxygen atoms in total. The second-order valence-corrected chi connectivity index (χ2v) is 6.04. The lowest BCUT2D eigenvalue weighted by Crippen LogP contribution is -2.56. The molecular formula is C17H20O9. The Labute approximate surface area is 148 Å². The van der Waals surface area contributed by atoms with Gasteiger partial charge >= 0.3 is 11.9 Å². The van der Waals surface area contributed by atoms with E-state index in [0.29, 0.717) is 5.56 Å². The van der Waals surface area contributed by atoms with Gasteiger partial charge in [0.05, 0.1) is 19.3 Å². The third-order valence-electron chi connectivity index (χ3n) is 4.07. The van der Waals surface area contributed by atoms with Crippen LogP contribution in [0.1, 0.15) is 18.4 Å². The Kier molecular flexibility index (Phi) is 5.98. The first-order valence-corrected chi connectivity index (χ1v) is 7.74. The Morgan fingerprint density at radius 3 is 2.38 bits per heavy atom. The van der Waals surface area contributed by atoms with E-state index in [0.717, 1.165) is 6.08 Å². The molecule has 0 aromatic heterocycles. The van der Waals surface area contributed by atoms with Crippen molar-refractivity contribution in [1.29, 1.82) is 0 Å². The maximum absolute atomic E-state index is 12.0. The molecule has 0 radical (unpaired) electrons. The third-order valence-corrected chi connectivity index (χ3v) is 4.07. The Morgan fingerprint density at radius 2 is 1.81 bits per heavy atom. The van der Waals surface area contributed by atoms with Gasteiger partial charge in [-0.25, -0.2) is 9.59 Å². The number of hydrogen-bond acceptors (Lipinski definition) is 9. The van der Waals surface area contributed by atoms with E-state index in [9.17, 15) is 35.1 Å².